The predicted octanol–water partition coefficient (Wildman–Crippen LogP) is 2.78. The first kappa shape index (κ1) is 13.5. The smallest absolute Gasteiger partial charge is 0.194 e. The van der Waals surface area contributed by atoms with Crippen molar-refractivity contribution in [2.24, 2.45) is 0 Å². The van der Waals surface area contributed by atoms with Crippen molar-refractivity contribution in [1.29, 1.82) is 5.41 Å². The number of anilines is 1. The van der Waals surface area contributed by atoms with Crippen LogP contribution in [0.1, 0.15) is 18.2 Å². The minimum absolute atomic E-state index is 0.264. The zero-order chi connectivity index (χ0) is 13.8. The van der Waals surface area contributed by atoms with Gasteiger partial charge in [-0.1, -0.05) is 11.3 Å². The van der Waals surface area contributed by atoms with Crippen molar-refractivity contribution in [2.75, 3.05) is 11.9 Å². The van der Waals surface area contributed by atoms with E-state index in [0.29, 0.717) is 11.7 Å². The molecule has 19 heavy (non-hydrogen) atoms. The van der Waals surface area contributed by atoms with Crippen LogP contribution < -0.4 is 10.6 Å². The van der Waals surface area contributed by atoms with Gasteiger partial charge in [0.25, 0.3) is 0 Å². The first-order valence-electron chi connectivity index (χ1n) is 6.10. The quantitative estimate of drug-likeness (QED) is 0.595. The van der Waals surface area contributed by atoms with Crippen LogP contribution in [0.4, 0.5) is 5.13 Å². The molecule has 0 bridgehead atoms. The second kappa shape index (κ2) is 5.79. The highest BCUT2D eigenvalue weighted by atomic mass is 32.1. The molecule has 2 aromatic rings. The topological polar surface area (TPSA) is 73.7 Å². The molecule has 0 unspecified atom stereocenters. The molecule has 0 aliphatic rings. The zero-order valence-electron chi connectivity index (χ0n) is 11.2. The lowest BCUT2D eigenvalue weighted by Gasteiger charge is -2.04. The van der Waals surface area contributed by atoms with Gasteiger partial charge in [0.2, 0.25) is 0 Å². The average molecular weight is 275 g/mol. The van der Waals surface area contributed by atoms with Crippen LogP contribution in [0.15, 0.2) is 18.3 Å². The van der Waals surface area contributed by atoms with Crippen molar-refractivity contribution in [3.8, 4) is 10.6 Å². The molecule has 2 aromatic heterocycles. The zero-order valence-corrected chi connectivity index (χ0v) is 12.1. The van der Waals surface area contributed by atoms with Gasteiger partial charge in [-0.2, -0.15) is 0 Å². The predicted molar refractivity (Wildman–Crippen MR) is 79.8 cm³/mol. The maximum atomic E-state index is 7.67. The van der Waals surface area contributed by atoms with Gasteiger partial charge in [0, 0.05) is 12.7 Å². The van der Waals surface area contributed by atoms with E-state index in [-0.39, 0.29) is 5.96 Å². The van der Waals surface area contributed by atoms with E-state index in [1.54, 1.807) is 6.20 Å². The van der Waals surface area contributed by atoms with Gasteiger partial charge < -0.3 is 10.6 Å². The van der Waals surface area contributed by atoms with Crippen LogP contribution in [-0.4, -0.2) is 22.5 Å². The second-order valence-electron chi connectivity index (χ2n) is 4.18. The Morgan fingerprint density at radius 1 is 1.42 bits per heavy atom. The number of nitrogens with zero attached hydrogens (tertiary/aromatic N) is 2. The monoisotopic (exact) mass is 275 g/mol. The van der Waals surface area contributed by atoms with Gasteiger partial charge >= 0.3 is 0 Å². The summed E-state index contributed by atoms with van der Waals surface area (Å²) in [6.45, 7) is 6.66. The third kappa shape index (κ3) is 3.29. The largest absolute Gasteiger partial charge is 0.357 e. The first-order chi connectivity index (χ1) is 9.10. The molecule has 5 nitrogen and oxygen atoms in total. The summed E-state index contributed by atoms with van der Waals surface area (Å²) in [4.78, 5) is 9.84. The van der Waals surface area contributed by atoms with E-state index < -0.39 is 0 Å². The number of rotatable bonds is 3. The standard InChI is InChI=1S/C13H17N5S/c1-4-15-12(14)18-13-17-9(3)11(19-13)10-7-8(2)5-6-16-10/h5-7H,4H2,1-3H3,(H3,14,15,17,18). The summed E-state index contributed by atoms with van der Waals surface area (Å²) < 4.78 is 0. The van der Waals surface area contributed by atoms with Crippen molar-refractivity contribution in [1.82, 2.24) is 15.3 Å². The van der Waals surface area contributed by atoms with Crippen LogP contribution in [-0.2, 0) is 0 Å². The second-order valence-corrected chi connectivity index (χ2v) is 5.18. The highest BCUT2D eigenvalue weighted by Crippen LogP contribution is 2.31. The lowest BCUT2D eigenvalue weighted by Crippen LogP contribution is -2.28. The molecule has 0 fully saturated rings. The van der Waals surface area contributed by atoms with Crippen molar-refractivity contribution >= 4 is 22.4 Å². The minimum atomic E-state index is 0.264. The number of nitrogens with one attached hydrogen (secondary N) is 3. The number of pyridine rings is 1. The van der Waals surface area contributed by atoms with Crippen LogP contribution in [0.5, 0.6) is 0 Å². The Labute approximate surface area is 116 Å². The molecule has 0 amide bonds. The van der Waals surface area contributed by atoms with E-state index >= 15 is 0 Å². The normalized spacial score (nSPS) is 10.3. The molecule has 0 saturated heterocycles. The molecular weight excluding hydrogens is 258 g/mol. The highest BCUT2D eigenvalue weighted by Gasteiger charge is 2.11. The van der Waals surface area contributed by atoms with E-state index in [4.69, 9.17) is 5.41 Å². The van der Waals surface area contributed by atoms with Crippen molar-refractivity contribution in [3.05, 3.63) is 29.6 Å². The van der Waals surface area contributed by atoms with Crippen LogP contribution in [0.2, 0.25) is 0 Å². The SMILES string of the molecule is CCNC(=N)Nc1nc(C)c(-c2cc(C)ccn2)s1. The average Bonchev–Trinajstić information content (AvgIpc) is 2.70. The summed E-state index contributed by atoms with van der Waals surface area (Å²) in [7, 11) is 0. The first-order valence-corrected chi connectivity index (χ1v) is 6.91. The molecule has 0 radical (unpaired) electrons. The summed E-state index contributed by atoms with van der Waals surface area (Å²) in [6.07, 6.45) is 1.80. The number of guanidine groups is 1. The summed E-state index contributed by atoms with van der Waals surface area (Å²) in [5, 5.41) is 14.2. The van der Waals surface area contributed by atoms with E-state index in [2.05, 4.69) is 20.6 Å². The van der Waals surface area contributed by atoms with Crippen LogP contribution in [0, 0.1) is 19.3 Å². The fourth-order valence-corrected chi connectivity index (χ4v) is 2.61. The molecule has 2 heterocycles. The number of aryl methyl sites for hydroxylation is 2. The maximum absolute atomic E-state index is 7.67. The van der Waals surface area contributed by atoms with Crippen molar-refractivity contribution in [2.45, 2.75) is 20.8 Å². The van der Waals surface area contributed by atoms with Crippen LogP contribution in [0.25, 0.3) is 10.6 Å². The van der Waals surface area contributed by atoms with Gasteiger partial charge in [-0.25, -0.2) is 4.98 Å². The Morgan fingerprint density at radius 3 is 2.89 bits per heavy atom. The van der Waals surface area contributed by atoms with Crippen LogP contribution in [0.3, 0.4) is 0 Å². The number of thiazole rings is 1. The highest BCUT2D eigenvalue weighted by molar-refractivity contribution is 7.19. The summed E-state index contributed by atoms with van der Waals surface area (Å²) in [6, 6.07) is 4.01. The number of aromatic nitrogens is 2. The van der Waals surface area contributed by atoms with Gasteiger partial charge in [0.1, 0.15) is 0 Å². The Hall–Kier alpha value is -1.95. The van der Waals surface area contributed by atoms with Crippen molar-refractivity contribution in [3.63, 3.8) is 0 Å². The molecule has 3 N–H and O–H groups in total. The summed E-state index contributed by atoms with van der Waals surface area (Å²) in [5.41, 5.74) is 3.03. The lowest BCUT2D eigenvalue weighted by molar-refractivity contribution is 0.953. The third-order valence-corrected chi connectivity index (χ3v) is 3.63. The minimum Gasteiger partial charge on any atom is -0.357 e. The van der Waals surface area contributed by atoms with Crippen LogP contribution >= 0.6 is 11.3 Å². The molecular formula is C13H17N5S. The van der Waals surface area contributed by atoms with Crippen molar-refractivity contribution < 1.29 is 0 Å². The molecule has 2 rings (SSSR count). The Kier molecular flexibility index (Phi) is 4.11. The lowest BCUT2D eigenvalue weighted by atomic mass is 10.2. The van der Waals surface area contributed by atoms with E-state index in [0.717, 1.165) is 16.3 Å². The molecule has 0 aliphatic heterocycles. The molecule has 6 heteroatoms. The Bertz CT molecular complexity index is 590. The van der Waals surface area contributed by atoms with Gasteiger partial charge in [0.05, 0.1) is 16.3 Å². The molecule has 0 atom stereocenters. The van der Waals surface area contributed by atoms with Gasteiger partial charge in [-0.3, -0.25) is 10.4 Å². The number of hydrogen-bond donors (Lipinski definition) is 3. The Balaban J connectivity index is 2.24. The van der Waals surface area contributed by atoms with Gasteiger partial charge in [0.15, 0.2) is 11.1 Å². The maximum Gasteiger partial charge on any atom is 0.194 e. The summed E-state index contributed by atoms with van der Waals surface area (Å²) >= 11 is 1.51. The third-order valence-electron chi connectivity index (χ3n) is 2.53. The van der Waals surface area contributed by atoms with E-state index in [9.17, 15) is 0 Å². The summed E-state index contributed by atoms with van der Waals surface area (Å²) in [5.74, 6) is 0.264. The molecule has 100 valence electrons. The number of hydrogen-bond acceptors (Lipinski definition) is 4. The van der Waals surface area contributed by atoms with Gasteiger partial charge in [-0.15, -0.1) is 0 Å². The van der Waals surface area contributed by atoms with E-state index in [1.807, 2.05) is 32.9 Å². The molecule has 0 saturated carbocycles. The molecule has 0 aliphatic carbocycles. The van der Waals surface area contributed by atoms with E-state index in [1.165, 1.54) is 16.9 Å². The fraction of sp³-hybridized carbons (Fsp3) is 0.308. The Morgan fingerprint density at radius 2 is 2.21 bits per heavy atom. The molecule has 0 spiro atoms. The molecule has 0 aromatic carbocycles. The fourth-order valence-electron chi connectivity index (χ4n) is 1.68. The van der Waals surface area contributed by atoms with Gasteiger partial charge in [-0.05, 0) is 38.5 Å².